The molecule has 0 aromatic heterocycles. The molecule has 1 saturated heterocycles. The summed E-state index contributed by atoms with van der Waals surface area (Å²) in [5, 5.41) is 3.17. The fourth-order valence-corrected chi connectivity index (χ4v) is 3.24. The van der Waals surface area contributed by atoms with E-state index in [0.29, 0.717) is 27.6 Å². The summed E-state index contributed by atoms with van der Waals surface area (Å²) in [6, 6.07) is 10.7. The molecule has 2 aliphatic heterocycles. The highest BCUT2D eigenvalue weighted by atomic mass is 35.5. The number of rotatable bonds is 4. The Kier molecular flexibility index (Phi) is 4.04. The number of benzene rings is 2. The molecule has 4 rings (SSSR count). The van der Waals surface area contributed by atoms with Gasteiger partial charge in [-0.3, -0.25) is 14.5 Å². The van der Waals surface area contributed by atoms with Crippen molar-refractivity contribution in [2.75, 3.05) is 13.3 Å². The number of ether oxygens (including phenoxy) is 2. The molecule has 0 saturated carbocycles. The van der Waals surface area contributed by atoms with Gasteiger partial charge in [0.15, 0.2) is 17.3 Å². The van der Waals surface area contributed by atoms with Crippen molar-refractivity contribution >= 4 is 29.3 Å². The molecule has 2 aliphatic rings. The number of hydrogen-bond donors (Lipinski definition) is 1. The van der Waals surface area contributed by atoms with Gasteiger partial charge in [0, 0.05) is 10.6 Å². The lowest BCUT2D eigenvalue weighted by Gasteiger charge is -2.22. The second-order valence-corrected chi connectivity index (χ2v) is 6.88. The Hall–Kier alpha value is -3.06. The fraction of sp³-hybridized carbons (Fsp3) is 0.211. The van der Waals surface area contributed by atoms with E-state index in [2.05, 4.69) is 5.32 Å². The highest BCUT2D eigenvalue weighted by Crippen LogP contribution is 2.37. The van der Waals surface area contributed by atoms with Crippen LogP contribution in [0.15, 0.2) is 42.5 Å². The molecule has 8 heteroatoms. The van der Waals surface area contributed by atoms with Gasteiger partial charge in [-0.25, -0.2) is 4.79 Å². The van der Waals surface area contributed by atoms with Crippen molar-refractivity contribution < 1.29 is 23.9 Å². The Morgan fingerprint density at radius 1 is 1.15 bits per heavy atom. The summed E-state index contributed by atoms with van der Waals surface area (Å²) in [5.41, 5.74) is -0.374. The molecule has 138 valence electrons. The van der Waals surface area contributed by atoms with Gasteiger partial charge in [-0.15, -0.1) is 0 Å². The second kappa shape index (κ2) is 6.28. The largest absolute Gasteiger partial charge is 0.454 e. The number of fused-ring (bicyclic) bond motifs is 1. The third-order valence-electron chi connectivity index (χ3n) is 4.69. The normalized spacial score (nSPS) is 20.7. The minimum absolute atomic E-state index is 0.109. The number of urea groups is 1. The van der Waals surface area contributed by atoms with E-state index in [1.54, 1.807) is 49.4 Å². The first kappa shape index (κ1) is 17.4. The summed E-state index contributed by atoms with van der Waals surface area (Å²) in [5.74, 6) is 0.221. The lowest BCUT2D eigenvalue weighted by molar-refractivity contribution is -0.130. The minimum Gasteiger partial charge on any atom is -0.454 e. The predicted octanol–water partition coefficient (Wildman–Crippen LogP) is 2.72. The van der Waals surface area contributed by atoms with Crippen LogP contribution in [0.4, 0.5) is 4.79 Å². The summed E-state index contributed by atoms with van der Waals surface area (Å²) in [6.07, 6.45) is 0. The zero-order valence-corrected chi connectivity index (χ0v) is 15.1. The first-order valence-electron chi connectivity index (χ1n) is 8.21. The Morgan fingerprint density at radius 3 is 2.59 bits per heavy atom. The van der Waals surface area contributed by atoms with Gasteiger partial charge < -0.3 is 14.8 Å². The lowest BCUT2D eigenvalue weighted by atomic mass is 9.91. The number of carbonyl (C=O) groups is 3. The highest BCUT2D eigenvalue weighted by Gasteiger charge is 2.49. The van der Waals surface area contributed by atoms with Gasteiger partial charge in [0.1, 0.15) is 5.54 Å². The number of amides is 3. The van der Waals surface area contributed by atoms with Gasteiger partial charge in [0.25, 0.3) is 5.91 Å². The summed E-state index contributed by atoms with van der Waals surface area (Å²) < 4.78 is 10.6. The molecule has 0 radical (unpaired) electrons. The van der Waals surface area contributed by atoms with Crippen LogP contribution < -0.4 is 14.8 Å². The van der Waals surface area contributed by atoms with E-state index in [1.165, 1.54) is 0 Å². The number of hydrogen-bond acceptors (Lipinski definition) is 5. The average Bonchev–Trinajstić information content (AvgIpc) is 3.20. The Morgan fingerprint density at radius 2 is 1.85 bits per heavy atom. The molecule has 1 N–H and O–H groups in total. The highest BCUT2D eigenvalue weighted by molar-refractivity contribution is 6.30. The van der Waals surface area contributed by atoms with Gasteiger partial charge in [0.2, 0.25) is 6.79 Å². The predicted molar refractivity (Wildman–Crippen MR) is 95.9 cm³/mol. The molecule has 2 heterocycles. The first-order chi connectivity index (χ1) is 12.9. The van der Waals surface area contributed by atoms with Crippen LogP contribution in [0.25, 0.3) is 0 Å². The summed E-state index contributed by atoms with van der Waals surface area (Å²) in [4.78, 5) is 38.7. The molecule has 3 amide bonds. The molecule has 1 atom stereocenters. The van der Waals surface area contributed by atoms with Crippen LogP contribution in [-0.2, 0) is 10.3 Å². The molecule has 1 fully saturated rings. The van der Waals surface area contributed by atoms with Gasteiger partial charge in [-0.2, -0.15) is 0 Å². The van der Waals surface area contributed by atoms with Gasteiger partial charge >= 0.3 is 6.03 Å². The molecule has 2 aromatic rings. The van der Waals surface area contributed by atoms with E-state index in [0.717, 1.165) is 4.90 Å². The van der Waals surface area contributed by atoms with Gasteiger partial charge in [-0.1, -0.05) is 17.7 Å². The molecule has 0 spiro atoms. The molecule has 2 aromatic carbocycles. The summed E-state index contributed by atoms with van der Waals surface area (Å²) in [7, 11) is 0. The van der Waals surface area contributed by atoms with E-state index >= 15 is 0 Å². The number of nitrogens with zero attached hydrogens (tertiary/aromatic N) is 1. The maximum absolute atomic E-state index is 13.0. The molecule has 0 aliphatic carbocycles. The minimum atomic E-state index is -1.29. The average molecular weight is 387 g/mol. The smallest absolute Gasteiger partial charge is 0.325 e. The zero-order chi connectivity index (χ0) is 19.2. The van der Waals surface area contributed by atoms with E-state index in [9.17, 15) is 14.4 Å². The topological polar surface area (TPSA) is 84.9 Å². The number of imide groups is 1. The molecule has 7 nitrogen and oxygen atoms in total. The molecule has 0 unspecified atom stereocenters. The van der Waals surface area contributed by atoms with Crippen LogP contribution in [-0.4, -0.2) is 36.0 Å². The van der Waals surface area contributed by atoms with Crippen molar-refractivity contribution in [2.45, 2.75) is 12.5 Å². The van der Waals surface area contributed by atoms with Crippen molar-refractivity contribution in [1.29, 1.82) is 0 Å². The van der Waals surface area contributed by atoms with E-state index in [4.69, 9.17) is 21.1 Å². The lowest BCUT2D eigenvalue weighted by Crippen LogP contribution is -2.41. The van der Waals surface area contributed by atoms with Crippen molar-refractivity contribution in [3.63, 3.8) is 0 Å². The van der Waals surface area contributed by atoms with Crippen LogP contribution in [0.2, 0.25) is 5.02 Å². The molecular weight excluding hydrogens is 372 g/mol. The van der Waals surface area contributed by atoms with E-state index in [-0.39, 0.29) is 19.1 Å². The SMILES string of the molecule is C[C@@]1(c2ccc3c(c2)OCO3)NC(=O)N(CC(=O)c2ccc(Cl)cc2)C1=O. The standard InChI is InChI=1S/C19H15ClN2O5/c1-19(12-4-7-15-16(8-12)27-10-26-15)17(24)22(18(25)21-19)9-14(23)11-2-5-13(20)6-3-11/h2-8H,9-10H2,1H3,(H,21,25)/t19-/m0/s1. The van der Waals surface area contributed by atoms with Crippen molar-refractivity contribution in [1.82, 2.24) is 10.2 Å². The first-order valence-corrected chi connectivity index (χ1v) is 8.59. The van der Waals surface area contributed by atoms with Crippen molar-refractivity contribution in [3.05, 3.63) is 58.6 Å². The van der Waals surface area contributed by atoms with Crippen LogP contribution in [0.3, 0.4) is 0 Å². The number of halogens is 1. The summed E-state index contributed by atoms with van der Waals surface area (Å²) >= 11 is 5.82. The van der Waals surface area contributed by atoms with E-state index in [1.807, 2.05) is 0 Å². The number of ketones is 1. The van der Waals surface area contributed by atoms with Crippen LogP contribution in [0, 0.1) is 0 Å². The van der Waals surface area contributed by atoms with Crippen molar-refractivity contribution in [3.8, 4) is 11.5 Å². The Balaban J connectivity index is 1.58. The molecular formula is C19H15ClN2O5. The number of nitrogens with one attached hydrogen (secondary N) is 1. The van der Waals surface area contributed by atoms with Crippen LogP contribution >= 0.6 is 11.6 Å². The monoisotopic (exact) mass is 386 g/mol. The third-order valence-corrected chi connectivity index (χ3v) is 4.94. The molecule has 27 heavy (non-hydrogen) atoms. The van der Waals surface area contributed by atoms with Crippen LogP contribution in [0.1, 0.15) is 22.8 Å². The maximum atomic E-state index is 13.0. The van der Waals surface area contributed by atoms with Gasteiger partial charge in [-0.05, 0) is 48.9 Å². The second-order valence-electron chi connectivity index (χ2n) is 6.44. The maximum Gasteiger partial charge on any atom is 0.325 e. The number of Topliss-reactive ketones (excluding diaryl/α,β-unsaturated/α-hetero) is 1. The van der Waals surface area contributed by atoms with Crippen LogP contribution in [0.5, 0.6) is 11.5 Å². The van der Waals surface area contributed by atoms with Crippen molar-refractivity contribution in [2.24, 2.45) is 0 Å². The fourth-order valence-electron chi connectivity index (χ4n) is 3.11. The van der Waals surface area contributed by atoms with Gasteiger partial charge in [0.05, 0.1) is 6.54 Å². The quantitative estimate of drug-likeness (QED) is 0.645. The Bertz CT molecular complexity index is 959. The Labute approximate surface area is 159 Å². The molecule has 0 bridgehead atoms. The number of carbonyl (C=O) groups excluding carboxylic acids is 3. The third kappa shape index (κ3) is 2.90. The van der Waals surface area contributed by atoms with E-state index < -0.39 is 17.5 Å². The summed E-state index contributed by atoms with van der Waals surface area (Å²) in [6.45, 7) is 1.35. The zero-order valence-electron chi connectivity index (χ0n) is 14.3.